The molecule has 6 aliphatic heterocycles. The van der Waals surface area contributed by atoms with Gasteiger partial charge in [-0.3, -0.25) is 4.79 Å². The number of aryl methyl sites for hydroxylation is 1. The predicted octanol–water partition coefficient (Wildman–Crippen LogP) is 7.93. The Morgan fingerprint density at radius 2 is 1.65 bits per heavy atom. The number of allylic oxidation sites excluding steroid dienone is 2. The first-order valence-electron chi connectivity index (χ1n) is 23.1. The molecule has 1 aromatic rings. The molecule has 0 aliphatic carbocycles. The van der Waals surface area contributed by atoms with Crippen molar-refractivity contribution in [3.05, 3.63) is 70.9 Å². The topological polar surface area (TPSA) is 138 Å². The molecule has 6 aliphatic rings. The first kappa shape index (κ1) is 47.6. The van der Waals surface area contributed by atoms with Crippen LogP contribution in [0.25, 0.3) is 5.57 Å². The zero-order valence-corrected chi connectivity index (χ0v) is 39.1. The summed E-state index contributed by atoms with van der Waals surface area (Å²) in [5.74, 6) is -0.423. The number of ether oxygens (including phenoxy) is 10. The minimum atomic E-state index is -1.03. The highest BCUT2D eigenvalue weighted by Crippen LogP contribution is 2.43. The Labute approximate surface area is 374 Å². The summed E-state index contributed by atoms with van der Waals surface area (Å²) in [5.41, 5.74) is 4.11. The van der Waals surface area contributed by atoms with Crippen LogP contribution in [0.1, 0.15) is 115 Å². The number of carbonyl (C=O) groups excluding carboxylic acids is 2. The number of rotatable bonds is 9. The molecule has 13 heteroatoms. The fourth-order valence-electron chi connectivity index (χ4n) is 10.2. The Hall–Kier alpha value is -3.40. The van der Waals surface area contributed by atoms with Gasteiger partial charge in [-0.05, 0) is 69.4 Å². The van der Waals surface area contributed by atoms with E-state index in [4.69, 9.17) is 47.4 Å². The summed E-state index contributed by atoms with van der Waals surface area (Å²) < 4.78 is 64.7. The molecule has 3 fully saturated rings. The molecule has 0 saturated carbocycles. The van der Waals surface area contributed by atoms with E-state index in [9.17, 15) is 9.59 Å². The van der Waals surface area contributed by atoms with Crippen LogP contribution < -0.4 is 10.1 Å². The van der Waals surface area contributed by atoms with Gasteiger partial charge in [0.25, 0.3) is 0 Å². The first-order chi connectivity index (χ1) is 30.1. The van der Waals surface area contributed by atoms with Gasteiger partial charge in [-0.1, -0.05) is 64.5 Å². The van der Waals surface area contributed by atoms with E-state index in [1.54, 1.807) is 14.2 Å². The van der Waals surface area contributed by atoms with Gasteiger partial charge in [-0.2, -0.15) is 0 Å². The highest BCUT2D eigenvalue weighted by Gasteiger charge is 2.48. The molecule has 63 heavy (non-hydrogen) atoms. The van der Waals surface area contributed by atoms with Gasteiger partial charge in [0.2, 0.25) is 5.91 Å². The van der Waals surface area contributed by atoms with Crippen molar-refractivity contribution in [3.8, 4) is 5.75 Å². The number of esters is 1. The molecule has 1 amide bonds. The third kappa shape index (κ3) is 10.8. The molecule has 1 aromatic carbocycles. The number of nitrogens with one attached hydrogen (secondary N) is 1. The van der Waals surface area contributed by atoms with Crippen molar-refractivity contribution in [2.24, 2.45) is 17.8 Å². The lowest BCUT2D eigenvalue weighted by atomic mass is 9.86. The average molecular weight is 878 g/mol. The molecule has 2 bridgehead atoms. The molecule has 3 saturated heterocycles. The Morgan fingerprint density at radius 3 is 2.38 bits per heavy atom. The third-order valence-corrected chi connectivity index (χ3v) is 13.8. The fraction of sp³-hybridized carbons (Fsp3) is 0.680. The van der Waals surface area contributed by atoms with Gasteiger partial charge in [0.15, 0.2) is 18.4 Å². The molecular formula is C50H71NO12. The van der Waals surface area contributed by atoms with Crippen LogP contribution in [0, 0.1) is 24.7 Å². The van der Waals surface area contributed by atoms with Crippen LogP contribution in [0.2, 0.25) is 0 Å². The summed E-state index contributed by atoms with van der Waals surface area (Å²) in [6, 6.07) is 3.58. The maximum Gasteiger partial charge on any atom is 0.339 e. The van der Waals surface area contributed by atoms with Gasteiger partial charge in [0.05, 0.1) is 54.3 Å². The van der Waals surface area contributed by atoms with Crippen molar-refractivity contribution in [1.82, 2.24) is 5.32 Å². The summed E-state index contributed by atoms with van der Waals surface area (Å²) in [5, 5.41) is 2.96. The highest BCUT2D eigenvalue weighted by atomic mass is 16.7. The second-order valence-electron chi connectivity index (χ2n) is 18.7. The van der Waals surface area contributed by atoms with Crippen LogP contribution >= 0.6 is 0 Å². The number of benzene rings is 1. The van der Waals surface area contributed by atoms with Crippen LogP contribution in [0.15, 0.2) is 54.2 Å². The number of hydrogen-bond acceptors (Lipinski definition) is 12. The van der Waals surface area contributed by atoms with Crippen molar-refractivity contribution < 1.29 is 57.0 Å². The number of hydrogen-bond donors (Lipinski definition) is 1. The highest BCUT2D eigenvalue weighted by molar-refractivity contribution is 5.98. The number of methoxy groups -OCH3 is 2. The number of amides is 1. The standard InChI is InChI=1S/C50H71NO12/c1-12-28(3)47-31(6)18-19-50(63-47)25-37-22-36(62-50)17-16-30(5)46(29(4)14-13-15-35-26-56-39-21-27(2)20-38(44(35)39)49(53)59-37)60-43-24-41(55-11)48(33(8)58-43)61-42-23-40(54-10)45(32(7)57-42)51-34(9)52/h13-16,18-21,28-29,31-33,36-37,40-43,45-48H,12,17,22-26H2,1-11H3,(H,51,52)/b14-13+,30-16+,35-15+/t28-,29-,31-,32-,33-,36+,37-,40-,41-,42-,43-,45-,46-,47+,48-,50+/m0/s1. The van der Waals surface area contributed by atoms with Crippen LogP contribution in [0.5, 0.6) is 5.75 Å². The van der Waals surface area contributed by atoms with E-state index in [1.165, 1.54) is 6.92 Å². The molecule has 1 N–H and O–H groups in total. The van der Waals surface area contributed by atoms with E-state index in [-0.39, 0.29) is 66.4 Å². The van der Waals surface area contributed by atoms with Crippen molar-refractivity contribution in [1.29, 1.82) is 0 Å². The summed E-state index contributed by atoms with van der Waals surface area (Å²) >= 11 is 0. The Morgan fingerprint density at radius 1 is 0.921 bits per heavy atom. The number of fused-ring (bicyclic) bond motifs is 2. The molecule has 1 spiro atoms. The monoisotopic (exact) mass is 877 g/mol. The van der Waals surface area contributed by atoms with Gasteiger partial charge in [-0.15, -0.1) is 0 Å². The third-order valence-electron chi connectivity index (χ3n) is 13.8. The zero-order chi connectivity index (χ0) is 45.2. The second-order valence-corrected chi connectivity index (χ2v) is 18.7. The Bertz CT molecular complexity index is 1910. The summed E-state index contributed by atoms with van der Waals surface area (Å²) in [7, 11) is 3.31. The smallest absolute Gasteiger partial charge is 0.339 e. The molecule has 6 heterocycles. The molecule has 0 aromatic heterocycles. The van der Waals surface area contributed by atoms with Crippen molar-refractivity contribution in [2.45, 2.75) is 180 Å². The molecular weight excluding hydrogens is 807 g/mol. The normalized spacial score (nSPS) is 41.0. The number of carbonyl (C=O) groups is 2. The quantitative estimate of drug-likeness (QED) is 0.191. The summed E-state index contributed by atoms with van der Waals surface area (Å²) in [6.45, 7) is 18.5. The SMILES string of the molecule is CC[C@H](C)[C@H]1O[C@]2(C=C[C@@H]1C)C[C@@H]1C[C@@H](C/C=C(\C)[C@@H](O[C@H]3C[C@H](OC)[C@@H](O[C@H]4C[C@H](OC)[C@@H](NC(C)=O)[C@H](C)O4)[C@H](C)O3)[C@@H](C)/C=C/C=C3\COc4cc(C)cc(c43)C(=O)O1)O2. The van der Waals surface area contributed by atoms with Crippen LogP contribution in [0.3, 0.4) is 0 Å². The van der Waals surface area contributed by atoms with Crippen molar-refractivity contribution in [2.75, 3.05) is 20.8 Å². The molecule has 7 rings (SSSR count). The van der Waals surface area contributed by atoms with E-state index in [2.05, 4.69) is 58.2 Å². The van der Waals surface area contributed by atoms with Crippen LogP contribution in [-0.4, -0.2) is 112 Å². The zero-order valence-electron chi connectivity index (χ0n) is 39.1. The van der Waals surface area contributed by atoms with Crippen molar-refractivity contribution in [3.63, 3.8) is 0 Å². The Kier molecular flexibility index (Phi) is 15.4. The lowest BCUT2D eigenvalue weighted by Gasteiger charge is -2.48. The van der Waals surface area contributed by atoms with Gasteiger partial charge < -0.3 is 52.7 Å². The first-order valence-corrected chi connectivity index (χ1v) is 23.1. The summed E-state index contributed by atoms with van der Waals surface area (Å²) in [6.07, 6.45) is 11.7. The molecule has 0 unspecified atom stereocenters. The van der Waals surface area contributed by atoms with Gasteiger partial charge in [0, 0.05) is 69.8 Å². The average Bonchev–Trinajstić information content (AvgIpc) is 3.65. The van der Waals surface area contributed by atoms with Gasteiger partial charge in [-0.25, -0.2) is 4.79 Å². The van der Waals surface area contributed by atoms with Crippen molar-refractivity contribution >= 4 is 17.4 Å². The minimum Gasteiger partial charge on any atom is -0.488 e. The molecule has 13 nitrogen and oxygen atoms in total. The second kappa shape index (κ2) is 20.4. The Balaban J connectivity index is 1.15. The molecule has 348 valence electrons. The predicted molar refractivity (Wildman–Crippen MR) is 237 cm³/mol. The molecule has 16 atom stereocenters. The minimum absolute atomic E-state index is 0.0391. The van der Waals surface area contributed by atoms with Crippen LogP contribution in [-0.2, 0) is 47.4 Å². The maximum atomic E-state index is 14.2. The molecule has 0 radical (unpaired) electrons. The van der Waals surface area contributed by atoms with E-state index >= 15 is 0 Å². The fourth-order valence-corrected chi connectivity index (χ4v) is 10.2. The van der Waals surface area contributed by atoms with E-state index in [0.29, 0.717) is 55.9 Å². The summed E-state index contributed by atoms with van der Waals surface area (Å²) in [4.78, 5) is 26.1. The van der Waals surface area contributed by atoms with Gasteiger partial charge >= 0.3 is 5.97 Å². The van der Waals surface area contributed by atoms with Gasteiger partial charge in [0.1, 0.15) is 24.6 Å². The van der Waals surface area contributed by atoms with E-state index in [0.717, 1.165) is 28.7 Å². The van der Waals surface area contributed by atoms with Crippen LogP contribution in [0.4, 0.5) is 0 Å². The maximum absolute atomic E-state index is 14.2. The van der Waals surface area contributed by atoms with E-state index in [1.807, 2.05) is 51.1 Å². The largest absolute Gasteiger partial charge is 0.488 e. The van der Waals surface area contributed by atoms with E-state index < -0.39 is 36.7 Å². The lowest BCUT2D eigenvalue weighted by molar-refractivity contribution is -0.311. The lowest BCUT2D eigenvalue weighted by Crippen LogP contribution is -2.58.